The fraction of sp³-hybridized carbons (Fsp3) is 0.231. The molecule has 0 radical (unpaired) electrons. The Morgan fingerprint density at radius 3 is 3.00 bits per heavy atom. The number of phenolic OH excluding ortho intramolecular Hbond substituents is 1. The molecule has 3 N–H and O–H groups in total. The van der Waals surface area contributed by atoms with Crippen molar-refractivity contribution in [2.45, 2.75) is 13.3 Å². The highest BCUT2D eigenvalue weighted by Crippen LogP contribution is 2.21. The number of para-hydroxylation sites is 1. The maximum Gasteiger partial charge on any atom is 0.186 e. The van der Waals surface area contributed by atoms with Gasteiger partial charge in [-0.05, 0) is 37.2 Å². The van der Waals surface area contributed by atoms with Gasteiger partial charge in [-0.25, -0.2) is 0 Å². The van der Waals surface area contributed by atoms with E-state index in [1.165, 1.54) is 6.21 Å². The minimum atomic E-state index is 0.220. The van der Waals surface area contributed by atoms with Gasteiger partial charge >= 0.3 is 0 Å². The average Bonchev–Trinajstić information content (AvgIpc) is 2.34. The van der Waals surface area contributed by atoms with Gasteiger partial charge in [0.1, 0.15) is 5.75 Å². The quantitative estimate of drug-likeness (QED) is 0.329. The summed E-state index contributed by atoms with van der Waals surface area (Å²) in [7, 11) is 0. The van der Waals surface area contributed by atoms with Crippen LogP contribution in [-0.4, -0.2) is 23.0 Å². The van der Waals surface area contributed by atoms with Gasteiger partial charge in [0.2, 0.25) is 0 Å². The van der Waals surface area contributed by atoms with Crippen molar-refractivity contribution in [1.29, 1.82) is 0 Å². The second-order valence-corrected chi connectivity index (χ2v) is 3.99. The minimum absolute atomic E-state index is 0.220. The van der Waals surface area contributed by atoms with Crippen molar-refractivity contribution >= 4 is 23.5 Å². The minimum Gasteiger partial charge on any atom is -0.507 e. The number of benzene rings is 1. The van der Waals surface area contributed by atoms with Crippen molar-refractivity contribution < 1.29 is 5.11 Å². The summed E-state index contributed by atoms with van der Waals surface area (Å²) in [4.78, 5) is 0. The average molecular weight is 263 g/mol. The predicted octanol–water partition coefficient (Wildman–Crippen LogP) is 1.94. The number of thiocarbonyl (C=S) groups is 1. The van der Waals surface area contributed by atoms with E-state index >= 15 is 0 Å². The van der Waals surface area contributed by atoms with Crippen LogP contribution in [0.25, 0.3) is 0 Å². The first-order chi connectivity index (χ1) is 8.69. The van der Waals surface area contributed by atoms with Crippen molar-refractivity contribution in [2.75, 3.05) is 6.54 Å². The van der Waals surface area contributed by atoms with Gasteiger partial charge in [0.15, 0.2) is 5.11 Å². The van der Waals surface area contributed by atoms with E-state index in [0.29, 0.717) is 17.1 Å². The highest BCUT2D eigenvalue weighted by atomic mass is 32.1. The van der Waals surface area contributed by atoms with Crippen molar-refractivity contribution in [3.05, 3.63) is 42.0 Å². The molecule has 0 fully saturated rings. The normalized spacial score (nSPS) is 10.3. The number of nitrogens with zero attached hydrogens (tertiary/aromatic N) is 1. The highest BCUT2D eigenvalue weighted by Gasteiger charge is 2.03. The number of rotatable bonds is 5. The topological polar surface area (TPSA) is 56.7 Å². The van der Waals surface area contributed by atoms with Gasteiger partial charge in [0.25, 0.3) is 0 Å². The van der Waals surface area contributed by atoms with E-state index in [4.69, 9.17) is 12.2 Å². The molecule has 18 heavy (non-hydrogen) atoms. The molecule has 0 saturated heterocycles. The number of phenols is 1. The van der Waals surface area contributed by atoms with Crippen LogP contribution < -0.4 is 10.7 Å². The van der Waals surface area contributed by atoms with Crippen LogP contribution in [-0.2, 0) is 6.42 Å². The molecule has 96 valence electrons. The van der Waals surface area contributed by atoms with E-state index in [0.717, 1.165) is 12.1 Å². The molecule has 0 unspecified atom stereocenters. The van der Waals surface area contributed by atoms with E-state index in [9.17, 15) is 5.11 Å². The zero-order chi connectivity index (χ0) is 13.4. The largest absolute Gasteiger partial charge is 0.507 e. The molecule has 0 amide bonds. The zero-order valence-corrected chi connectivity index (χ0v) is 11.1. The Morgan fingerprint density at radius 1 is 1.56 bits per heavy atom. The first-order valence-corrected chi connectivity index (χ1v) is 6.08. The molecule has 1 rings (SSSR count). The molecular formula is C13H17N3OS. The van der Waals surface area contributed by atoms with E-state index in [1.807, 2.05) is 19.1 Å². The fourth-order valence-corrected chi connectivity index (χ4v) is 1.59. The Balaban J connectivity index is 2.72. The lowest BCUT2D eigenvalue weighted by Gasteiger charge is -2.05. The summed E-state index contributed by atoms with van der Waals surface area (Å²) in [6.07, 6.45) is 3.90. The molecule has 5 heteroatoms. The summed E-state index contributed by atoms with van der Waals surface area (Å²) >= 11 is 4.96. The van der Waals surface area contributed by atoms with E-state index in [1.54, 1.807) is 12.1 Å². The summed E-state index contributed by atoms with van der Waals surface area (Å²) in [6.45, 7) is 6.33. The third-order valence-corrected chi connectivity index (χ3v) is 2.46. The Morgan fingerprint density at radius 2 is 2.33 bits per heavy atom. The van der Waals surface area contributed by atoms with Gasteiger partial charge in [-0.3, -0.25) is 5.43 Å². The maximum absolute atomic E-state index is 9.97. The second kappa shape index (κ2) is 7.45. The number of hydrazone groups is 1. The molecule has 0 aromatic heterocycles. The molecule has 0 aliphatic rings. The second-order valence-electron chi connectivity index (χ2n) is 3.58. The molecule has 0 aliphatic heterocycles. The molecule has 0 atom stereocenters. The Bertz CT molecular complexity index is 458. The Kier molecular flexibility index (Phi) is 5.87. The Hall–Kier alpha value is -1.88. The fourth-order valence-electron chi connectivity index (χ4n) is 1.40. The predicted molar refractivity (Wildman–Crippen MR) is 79.0 cm³/mol. The van der Waals surface area contributed by atoms with Gasteiger partial charge in [-0.1, -0.05) is 18.2 Å². The number of nitrogens with one attached hydrogen (secondary N) is 2. The molecule has 0 bridgehead atoms. The van der Waals surface area contributed by atoms with Crippen LogP contribution in [0.15, 0.2) is 36.0 Å². The lowest BCUT2D eigenvalue weighted by molar-refractivity contribution is 0.469. The van der Waals surface area contributed by atoms with Crippen LogP contribution >= 0.6 is 12.2 Å². The van der Waals surface area contributed by atoms with Crippen LogP contribution in [0, 0.1) is 0 Å². The van der Waals surface area contributed by atoms with Crippen LogP contribution in [0.3, 0.4) is 0 Å². The van der Waals surface area contributed by atoms with Crippen molar-refractivity contribution in [3.63, 3.8) is 0 Å². The van der Waals surface area contributed by atoms with Crippen LogP contribution in [0.5, 0.6) is 5.75 Å². The van der Waals surface area contributed by atoms with E-state index in [-0.39, 0.29) is 5.75 Å². The molecule has 1 aromatic rings. The number of hydrogen-bond acceptors (Lipinski definition) is 3. The SMILES string of the molecule is C=CCc1cccc(/C=N\NC(=S)NCC)c1O. The standard InChI is InChI=1S/C13H17N3OS/c1-3-6-10-7-5-8-11(12(10)17)9-15-16-13(18)14-4-2/h3,5,7-9,17H,1,4,6H2,2H3,(H2,14,16,18)/b15-9-. The van der Waals surface area contributed by atoms with Gasteiger partial charge in [0.05, 0.1) is 6.21 Å². The Labute approximate surface area is 112 Å². The van der Waals surface area contributed by atoms with E-state index in [2.05, 4.69) is 22.4 Å². The lowest BCUT2D eigenvalue weighted by atomic mass is 10.1. The van der Waals surface area contributed by atoms with Gasteiger partial charge < -0.3 is 10.4 Å². The molecule has 0 heterocycles. The smallest absolute Gasteiger partial charge is 0.186 e. The van der Waals surface area contributed by atoms with Crippen molar-refractivity contribution in [3.8, 4) is 5.75 Å². The summed E-state index contributed by atoms with van der Waals surface area (Å²) in [5.41, 5.74) is 4.13. The third kappa shape index (κ3) is 4.18. The van der Waals surface area contributed by atoms with Gasteiger partial charge in [-0.15, -0.1) is 6.58 Å². The highest BCUT2D eigenvalue weighted by molar-refractivity contribution is 7.80. The first kappa shape index (κ1) is 14.2. The van der Waals surface area contributed by atoms with Gasteiger partial charge in [-0.2, -0.15) is 5.10 Å². The summed E-state index contributed by atoms with van der Waals surface area (Å²) < 4.78 is 0. The van der Waals surface area contributed by atoms with Crippen molar-refractivity contribution in [1.82, 2.24) is 10.7 Å². The number of hydrogen-bond donors (Lipinski definition) is 3. The van der Waals surface area contributed by atoms with Crippen LogP contribution in [0.4, 0.5) is 0 Å². The molecule has 4 nitrogen and oxygen atoms in total. The number of aromatic hydroxyl groups is 1. The number of allylic oxidation sites excluding steroid dienone is 1. The van der Waals surface area contributed by atoms with Crippen LogP contribution in [0.2, 0.25) is 0 Å². The summed E-state index contributed by atoms with van der Waals surface area (Å²) in [5, 5.41) is 17.3. The third-order valence-electron chi connectivity index (χ3n) is 2.22. The summed E-state index contributed by atoms with van der Waals surface area (Å²) in [6, 6.07) is 5.50. The summed E-state index contributed by atoms with van der Waals surface area (Å²) in [5.74, 6) is 0.220. The van der Waals surface area contributed by atoms with Gasteiger partial charge in [0, 0.05) is 12.1 Å². The monoisotopic (exact) mass is 263 g/mol. The molecule has 0 aliphatic carbocycles. The molecular weight excluding hydrogens is 246 g/mol. The molecule has 0 spiro atoms. The lowest BCUT2D eigenvalue weighted by Crippen LogP contribution is -2.31. The van der Waals surface area contributed by atoms with E-state index < -0.39 is 0 Å². The molecule has 1 aromatic carbocycles. The maximum atomic E-state index is 9.97. The zero-order valence-electron chi connectivity index (χ0n) is 10.3. The molecule has 0 saturated carbocycles. The van der Waals surface area contributed by atoms with Crippen LogP contribution in [0.1, 0.15) is 18.1 Å². The van der Waals surface area contributed by atoms with Crippen molar-refractivity contribution in [2.24, 2.45) is 5.10 Å². The first-order valence-electron chi connectivity index (χ1n) is 5.67.